The summed E-state index contributed by atoms with van der Waals surface area (Å²) in [5, 5.41) is 0.808. The number of rotatable bonds is 3. The molecule has 2 aliphatic rings. The van der Waals surface area contributed by atoms with Crippen molar-refractivity contribution in [3.8, 4) is 5.88 Å². The number of hydrogen-bond donors (Lipinski definition) is 1. The van der Waals surface area contributed by atoms with Gasteiger partial charge in [0.15, 0.2) is 0 Å². The van der Waals surface area contributed by atoms with Crippen molar-refractivity contribution < 1.29 is 32.2 Å². The van der Waals surface area contributed by atoms with E-state index >= 15 is 0 Å². The Labute approximate surface area is 186 Å². The van der Waals surface area contributed by atoms with Gasteiger partial charge in [-0.25, -0.2) is 9.97 Å². The van der Waals surface area contributed by atoms with Gasteiger partial charge in [0.05, 0.1) is 38.0 Å². The molecule has 1 aromatic carbocycles. The molecule has 2 N–H and O–H groups in total. The molecule has 1 fully saturated rings. The molecule has 5 rings (SSSR count). The van der Waals surface area contributed by atoms with Gasteiger partial charge in [-0.1, -0.05) is 0 Å². The highest BCUT2D eigenvalue weighted by Gasteiger charge is 2.33. The molecule has 0 bridgehead atoms. The molecule has 0 spiro atoms. The fourth-order valence-electron chi connectivity index (χ4n) is 4.16. The van der Waals surface area contributed by atoms with E-state index in [0.29, 0.717) is 48.8 Å². The van der Waals surface area contributed by atoms with Crippen molar-refractivity contribution in [2.45, 2.75) is 25.6 Å². The number of pyridine rings is 2. The molecular weight excluding hydrogens is 441 g/mol. The molecule has 0 saturated carbocycles. The Morgan fingerprint density at radius 3 is 2.73 bits per heavy atom. The van der Waals surface area contributed by atoms with E-state index in [0.717, 1.165) is 22.6 Å². The van der Waals surface area contributed by atoms with E-state index in [4.69, 9.17) is 15.2 Å². The first-order valence-electron chi connectivity index (χ1n) is 10.2. The Bertz CT molecular complexity index is 1220. The molecule has 0 unspecified atom stereocenters. The van der Waals surface area contributed by atoms with Crippen LogP contribution in [0, 0.1) is 0 Å². The van der Waals surface area contributed by atoms with Gasteiger partial charge in [0.1, 0.15) is 5.82 Å². The minimum atomic E-state index is -4.83. The third-order valence-electron chi connectivity index (χ3n) is 5.73. The van der Waals surface area contributed by atoms with Crippen LogP contribution in [0.4, 0.5) is 19.0 Å². The number of carbonyl (C=O) groups excluding carboxylic acids is 1. The number of carbonyl (C=O) groups is 1. The molecule has 33 heavy (non-hydrogen) atoms. The maximum Gasteiger partial charge on any atom is 0.574 e. The van der Waals surface area contributed by atoms with Crippen LogP contribution >= 0.6 is 0 Å². The third-order valence-corrected chi connectivity index (χ3v) is 5.73. The molecule has 1 amide bonds. The number of fused-ring (bicyclic) bond motifs is 3. The summed E-state index contributed by atoms with van der Waals surface area (Å²) in [4.78, 5) is 23.2. The smallest absolute Gasteiger partial charge is 0.388 e. The van der Waals surface area contributed by atoms with Gasteiger partial charge in [-0.2, -0.15) is 0 Å². The standard InChI is InChI=1S/C22H19F3N4O4/c23-22(24,25)33-19-4-2-13(8-27-19)18-11-31-6-5-29(18)21(30)12-1-3-17-14(7-12)15-9-32-10-16(15)20(26)28-17/h1-4,7-8,18H,5-6,9-11H2,(H2,26,28)/t18-/m0/s1. The van der Waals surface area contributed by atoms with Crippen LogP contribution in [0.3, 0.4) is 0 Å². The lowest BCUT2D eigenvalue weighted by Gasteiger charge is -2.36. The molecule has 172 valence electrons. The van der Waals surface area contributed by atoms with Crippen LogP contribution in [0.2, 0.25) is 0 Å². The Balaban J connectivity index is 1.44. The number of halogens is 3. The van der Waals surface area contributed by atoms with Gasteiger partial charge in [-0.05, 0) is 35.4 Å². The van der Waals surface area contributed by atoms with Crippen molar-refractivity contribution in [1.82, 2.24) is 14.9 Å². The molecule has 2 aliphatic heterocycles. The van der Waals surface area contributed by atoms with Crippen molar-refractivity contribution in [3.63, 3.8) is 0 Å². The molecule has 8 nitrogen and oxygen atoms in total. The SMILES string of the molecule is Nc1nc2ccc(C(=O)N3CCOC[C@H]3c3ccc(OC(F)(F)F)nc3)cc2c2c1COC2. The third kappa shape index (κ3) is 4.16. The molecule has 11 heteroatoms. The molecule has 4 heterocycles. The first kappa shape index (κ1) is 21.4. The van der Waals surface area contributed by atoms with E-state index in [1.165, 1.54) is 12.3 Å². The summed E-state index contributed by atoms with van der Waals surface area (Å²) in [7, 11) is 0. The van der Waals surface area contributed by atoms with Crippen molar-refractivity contribution in [3.05, 3.63) is 58.8 Å². The number of morpholine rings is 1. The minimum absolute atomic E-state index is 0.196. The van der Waals surface area contributed by atoms with Gasteiger partial charge < -0.3 is 24.8 Å². The fraction of sp³-hybridized carbons (Fsp3) is 0.318. The summed E-state index contributed by atoms with van der Waals surface area (Å²) in [5.41, 5.74) is 9.46. The molecule has 0 radical (unpaired) electrons. The second-order valence-corrected chi connectivity index (χ2v) is 7.75. The zero-order valence-corrected chi connectivity index (χ0v) is 17.3. The number of aromatic nitrogens is 2. The van der Waals surface area contributed by atoms with Crippen LogP contribution in [0.1, 0.15) is 33.1 Å². The normalized spacial score (nSPS) is 18.4. The van der Waals surface area contributed by atoms with Gasteiger partial charge in [0.2, 0.25) is 5.88 Å². The largest absolute Gasteiger partial charge is 0.574 e. The summed E-state index contributed by atoms with van der Waals surface area (Å²) in [6.45, 7) is 1.65. The van der Waals surface area contributed by atoms with Crippen molar-refractivity contribution in [1.29, 1.82) is 0 Å². The number of nitrogens with two attached hydrogens (primary N) is 1. The number of amides is 1. The van der Waals surface area contributed by atoms with Crippen LogP contribution in [0.15, 0.2) is 36.5 Å². The number of hydrogen-bond acceptors (Lipinski definition) is 7. The average molecular weight is 460 g/mol. The summed E-state index contributed by atoms with van der Waals surface area (Å²) in [5.74, 6) is -0.378. The average Bonchev–Trinajstić information content (AvgIpc) is 3.29. The van der Waals surface area contributed by atoms with Gasteiger partial charge in [0.25, 0.3) is 5.91 Å². The monoisotopic (exact) mass is 460 g/mol. The van der Waals surface area contributed by atoms with E-state index in [1.807, 2.05) is 0 Å². The van der Waals surface area contributed by atoms with Crippen LogP contribution in [-0.2, 0) is 22.7 Å². The number of alkyl halides is 3. The van der Waals surface area contributed by atoms with E-state index in [9.17, 15) is 18.0 Å². The topological polar surface area (TPSA) is 99.8 Å². The zero-order valence-electron chi connectivity index (χ0n) is 17.3. The van der Waals surface area contributed by atoms with Crippen LogP contribution in [0.25, 0.3) is 10.9 Å². The van der Waals surface area contributed by atoms with E-state index < -0.39 is 18.3 Å². The van der Waals surface area contributed by atoms with E-state index in [1.54, 1.807) is 23.1 Å². The number of nitrogen functional groups attached to an aromatic ring is 1. The lowest BCUT2D eigenvalue weighted by atomic mass is 10.0. The summed E-state index contributed by atoms with van der Waals surface area (Å²) < 4.78 is 52.1. The Kier molecular flexibility index (Phi) is 5.29. The number of benzene rings is 1. The first-order chi connectivity index (χ1) is 15.8. The maximum atomic E-state index is 13.4. The predicted molar refractivity (Wildman–Crippen MR) is 110 cm³/mol. The Hall–Kier alpha value is -3.44. The van der Waals surface area contributed by atoms with E-state index in [-0.39, 0.29) is 12.5 Å². The van der Waals surface area contributed by atoms with Crippen LogP contribution < -0.4 is 10.5 Å². The number of nitrogens with zero attached hydrogens (tertiary/aromatic N) is 3. The van der Waals surface area contributed by atoms with Crippen molar-refractivity contribution >= 4 is 22.6 Å². The van der Waals surface area contributed by atoms with Gasteiger partial charge in [-0.3, -0.25) is 4.79 Å². The highest BCUT2D eigenvalue weighted by atomic mass is 19.4. The Morgan fingerprint density at radius 1 is 1.15 bits per heavy atom. The summed E-state index contributed by atoms with van der Waals surface area (Å²) in [6.07, 6.45) is -3.57. The molecule has 1 atom stereocenters. The van der Waals surface area contributed by atoms with Crippen molar-refractivity contribution in [2.24, 2.45) is 0 Å². The fourth-order valence-corrected chi connectivity index (χ4v) is 4.16. The quantitative estimate of drug-likeness (QED) is 0.640. The number of ether oxygens (including phenoxy) is 3. The predicted octanol–water partition coefficient (Wildman–Crippen LogP) is 3.35. The minimum Gasteiger partial charge on any atom is -0.388 e. The molecule has 1 saturated heterocycles. The highest BCUT2D eigenvalue weighted by Crippen LogP contribution is 2.33. The van der Waals surface area contributed by atoms with Gasteiger partial charge in [-0.15, -0.1) is 13.2 Å². The second-order valence-electron chi connectivity index (χ2n) is 7.75. The molecule has 3 aromatic rings. The molecular formula is C22H19F3N4O4. The zero-order chi connectivity index (χ0) is 23.2. The van der Waals surface area contributed by atoms with Crippen LogP contribution in [0.5, 0.6) is 5.88 Å². The molecule has 0 aliphatic carbocycles. The van der Waals surface area contributed by atoms with Crippen LogP contribution in [-0.4, -0.2) is 46.9 Å². The summed E-state index contributed by atoms with van der Waals surface area (Å²) >= 11 is 0. The lowest BCUT2D eigenvalue weighted by molar-refractivity contribution is -0.276. The first-order valence-corrected chi connectivity index (χ1v) is 10.2. The second kappa shape index (κ2) is 8.16. The number of anilines is 1. The lowest BCUT2D eigenvalue weighted by Crippen LogP contribution is -2.43. The maximum absolute atomic E-state index is 13.4. The van der Waals surface area contributed by atoms with Crippen molar-refractivity contribution in [2.75, 3.05) is 25.5 Å². The van der Waals surface area contributed by atoms with E-state index in [2.05, 4.69) is 14.7 Å². The van der Waals surface area contributed by atoms with Gasteiger partial charge in [0, 0.05) is 35.3 Å². The highest BCUT2D eigenvalue weighted by molar-refractivity contribution is 5.99. The summed E-state index contributed by atoms with van der Waals surface area (Å²) in [6, 6.07) is 7.28. The van der Waals surface area contributed by atoms with Gasteiger partial charge >= 0.3 is 6.36 Å². The Morgan fingerprint density at radius 2 is 1.97 bits per heavy atom. The molecule has 2 aromatic heterocycles.